The molecule has 1 unspecified atom stereocenters. The summed E-state index contributed by atoms with van der Waals surface area (Å²) < 4.78 is 7.01. The molecule has 0 fully saturated rings. The molecular weight excluding hydrogens is 382 g/mol. The highest BCUT2D eigenvalue weighted by Crippen LogP contribution is 2.23. The van der Waals surface area contributed by atoms with Crippen molar-refractivity contribution < 1.29 is 14.3 Å². The standard InChI is InChI=1S/C22H37N5O3/c1-6-7-8-9-10-11-14-30-20(29)13-12-19(28)23-16(2)21-25-24-18-15-17(22(3,4)5)26-27(18)21/h15-16,26H,6-14H2,1-5H3,(H,23,28). The second-order valence-corrected chi connectivity index (χ2v) is 8.95. The van der Waals surface area contributed by atoms with Crippen molar-refractivity contribution in [2.75, 3.05) is 6.61 Å². The maximum Gasteiger partial charge on any atom is 0.306 e. The number of fused-ring (bicyclic) bond motifs is 1. The van der Waals surface area contributed by atoms with E-state index in [2.05, 4.69) is 48.3 Å². The van der Waals surface area contributed by atoms with E-state index >= 15 is 0 Å². The summed E-state index contributed by atoms with van der Waals surface area (Å²) in [5.41, 5.74) is 1.72. The Balaban J connectivity index is 1.72. The molecule has 0 radical (unpaired) electrons. The second kappa shape index (κ2) is 11.1. The Bertz CT molecular complexity index is 818. The van der Waals surface area contributed by atoms with Gasteiger partial charge in [0.25, 0.3) is 0 Å². The van der Waals surface area contributed by atoms with Crippen LogP contribution in [0.15, 0.2) is 6.07 Å². The van der Waals surface area contributed by atoms with Crippen LogP contribution in [0, 0.1) is 0 Å². The molecule has 0 saturated carbocycles. The Morgan fingerprint density at radius 1 is 1.13 bits per heavy atom. The Morgan fingerprint density at radius 3 is 2.53 bits per heavy atom. The number of hydrogen-bond donors (Lipinski definition) is 2. The number of rotatable bonds is 12. The maximum absolute atomic E-state index is 12.2. The van der Waals surface area contributed by atoms with Crippen LogP contribution in [-0.2, 0) is 19.7 Å². The zero-order valence-corrected chi connectivity index (χ0v) is 19.1. The first-order valence-electron chi connectivity index (χ1n) is 11.1. The third-order valence-electron chi connectivity index (χ3n) is 5.11. The summed E-state index contributed by atoms with van der Waals surface area (Å²) in [5, 5.41) is 14.5. The van der Waals surface area contributed by atoms with Crippen LogP contribution in [0.5, 0.6) is 0 Å². The number of aromatic amines is 1. The van der Waals surface area contributed by atoms with E-state index in [1.54, 1.807) is 4.52 Å². The molecular formula is C22H37N5O3. The molecule has 30 heavy (non-hydrogen) atoms. The number of amides is 1. The van der Waals surface area contributed by atoms with E-state index in [9.17, 15) is 9.59 Å². The largest absolute Gasteiger partial charge is 0.466 e. The van der Waals surface area contributed by atoms with Crippen molar-refractivity contribution in [3.05, 3.63) is 17.6 Å². The Kier molecular flexibility index (Phi) is 8.87. The quantitative estimate of drug-likeness (QED) is 0.396. The fourth-order valence-corrected chi connectivity index (χ4v) is 3.20. The summed E-state index contributed by atoms with van der Waals surface area (Å²) in [4.78, 5) is 24.1. The summed E-state index contributed by atoms with van der Waals surface area (Å²) in [5.74, 6) is 0.0910. The molecule has 1 amide bonds. The first-order chi connectivity index (χ1) is 14.2. The lowest BCUT2D eigenvalue weighted by Gasteiger charge is -2.16. The third-order valence-corrected chi connectivity index (χ3v) is 5.11. The second-order valence-electron chi connectivity index (χ2n) is 8.95. The average molecular weight is 420 g/mol. The van der Waals surface area contributed by atoms with Crippen LogP contribution in [0.1, 0.15) is 104 Å². The van der Waals surface area contributed by atoms with Crippen LogP contribution in [0.4, 0.5) is 0 Å². The highest BCUT2D eigenvalue weighted by atomic mass is 16.5. The van der Waals surface area contributed by atoms with Gasteiger partial charge in [0.2, 0.25) is 5.91 Å². The van der Waals surface area contributed by atoms with Crippen molar-refractivity contribution in [3.63, 3.8) is 0 Å². The van der Waals surface area contributed by atoms with Gasteiger partial charge in [0.05, 0.1) is 19.1 Å². The van der Waals surface area contributed by atoms with Crippen molar-refractivity contribution in [2.45, 2.75) is 97.4 Å². The van der Waals surface area contributed by atoms with E-state index in [0.717, 1.165) is 18.5 Å². The van der Waals surface area contributed by atoms with Gasteiger partial charge in [-0.25, -0.2) is 4.52 Å². The summed E-state index contributed by atoms with van der Waals surface area (Å²) in [6.45, 7) is 10.8. The number of ether oxygens (including phenoxy) is 1. The summed E-state index contributed by atoms with van der Waals surface area (Å²) in [6.07, 6.45) is 7.04. The highest BCUT2D eigenvalue weighted by molar-refractivity contribution is 5.81. The lowest BCUT2D eigenvalue weighted by atomic mass is 9.93. The summed E-state index contributed by atoms with van der Waals surface area (Å²) >= 11 is 0. The van der Waals surface area contributed by atoms with Gasteiger partial charge in [0, 0.05) is 23.6 Å². The van der Waals surface area contributed by atoms with Gasteiger partial charge in [-0.1, -0.05) is 59.8 Å². The fraction of sp³-hybridized carbons (Fsp3) is 0.727. The van der Waals surface area contributed by atoms with E-state index < -0.39 is 0 Å². The molecule has 2 N–H and O–H groups in total. The van der Waals surface area contributed by atoms with Crippen molar-refractivity contribution >= 4 is 17.5 Å². The number of hydrogen-bond acceptors (Lipinski definition) is 5. The number of nitrogens with one attached hydrogen (secondary N) is 2. The number of carbonyl (C=O) groups is 2. The number of aromatic nitrogens is 4. The molecule has 8 heteroatoms. The number of nitrogens with zero attached hydrogens (tertiary/aromatic N) is 3. The number of H-pyrrole nitrogens is 1. The van der Waals surface area contributed by atoms with E-state index in [0.29, 0.717) is 18.1 Å². The van der Waals surface area contributed by atoms with Gasteiger partial charge < -0.3 is 10.1 Å². The minimum atomic E-state index is -0.335. The van der Waals surface area contributed by atoms with Gasteiger partial charge in [0.1, 0.15) is 0 Å². The van der Waals surface area contributed by atoms with E-state index in [1.807, 2.05) is 13.0 Å². The predicted octanol–water partition coefficient (Wildman–Crippen LogP) is 4.22. The molecule has 8 nitrogen and oxygen atoms in total. The molecule has 0 spiro atoms. The van der Waals surface area contributed by atoms with E-state index in [4.69, 9.17) is 4.74 Å². The monoisotopic (exact) mass is 419 g/mol. The third kappa shape index (κ3) is 7.15. The van der Waals surface area contributed by atoms with Gasteiger partial charge in [-0.2, -0.15) is 0 Å². The van der Waals surface area contributed by atoms with E-state index in [1.165, 1.54) is 25.7 Å². The van der Waals surface area contributed by atoms with Crippen LogP contribution in [0.2, 0.25) is 0 Å². The van der Waals surface area contributed by atoms with Gasteiger partial charge in [0.15, 0.2) is 11.5 Å². The van der Waals surface area contributed by atoms with Gasteiger partial charge >= 0.3 is 5.97 Å². The topological polar surface area (TPSA) is 101 Å². The zero-order chi connectivity index (χ0) is 22.1. The molecule has 0 aromatic carbocycles. The number of carbonyl (C=O) groups excluding carboxylic acids is 2. The lowest BCUT2D eigenvalue weighted by molar-refractivity contribution is -0.145. The molecule has 2 aromatic rings. The first kappa shape index (κ1) is 23.9. The van der Waals surface area contributed by atoms with Gasteiger partial charge in [-0.15, -0.1) is 10.2 Å². The highest BCUT2D eigenvalue weighted by Gasteiger charge is 2.22. The van der Waals surface area contributed by atoms with Crippen LogP contribution in [0.25, 0.3) is 5.65 Å². The molecule has 0 aliphatic rings. The zero-order valence-electron chi connectivity index (χ0n) is 19.1. The minimum Gasteiger partial charge on any atom is -0.466 e. The molecule has 0 saturated heterocycles. The Morgan fingerprint density at radius 2 is 1.83 bits per heavy atom. The molecule has 0 bridgehead atoms. The minimum absolute atomic E-state index is 0.0413. The predicted molar refractivity (Wildman–Crippen MR) is 116 cm³/mol. The fourth-order valence-electron chi connectivity index (χ4n) is 3.20. The lowest BCUT2D eigenvalue weighted by Crippen LogP contribution is -2.28. The molecule has 2 rings (SSSR count). The van der Waals surface area contributed by atoms with Crippen molar-refractivity contribution in [1.29, 1.82) is 0 Å². The molecule has 168 valence electrons. The first-order valence-corrected chi connectivity index (χ1v) is 11.1. The van der Waals surface area contributed by atoms with Crippen LogP contribution < -0.4 is 5.32 Å². The number of esters is 1. The van der Waals surface area contributed by atoms with Crippen molar-refractivity contribution in [2.24, 2.45) is 0 Å². The SMILES string of the molecule is CCCCCCCCOC(=O)CCC(=O)NC(C)c1nnc2cc(C(C)(C)C)[nH]n12. The summed E-state index contributed by atoms with van der Waals surface area (Å²) in [7, 11) is 0. The Labute approximate surface area is 179 Å². The summed E-state index contributed by atoms with van der Waals surface area (Å²) in [6, 6.07) is 1.63. The smallest absolute Gasteiger partial charge is 0.306 e. The molecule has 2 aromatic heterocycles. The maximum atomic E-state index is 12.2. The van der Waals surface area contributed by atoms with E-state index in [-0.39, 0.29) is 36.2 Å². The Hall–Kier alpha value is -2.38. The van der Waals surface area contributed by atoms with Crippen molar-refractivity contribution in [3.8, 4) is 0 Å². The van der Waals surface area contributed by atoms with Gasteiger partial charge in [-0.05, 0) is 13.3 Å². The normalized spacial score (nSPS) is 12.8. The van der Waals surface area contributed by atoms with Crippen LogP contribution in [-0.4, -0.2) is 38.3 Å². The number of unbranched alkanes of at least 4 members (excludes halogenated alkanes) is 5. The molecule has 0 aliphatic carbocycles. The molecule has 1 atom stereocenters. The van der Waals surface area contributed by atoms with Crippen LogP contribution >= 0.6 is 0 Å². The average Bonchev–Trinajstić information content (AvgIpc) is 3.26. The van der Waals surface area contributed by atoms with Gasteiger partial charge in [-0.3, -0.25) is 14.7 Å². The van der Waals surface area contributed by atoms with Crippen LogP contribution in [0.3, 0.4) is 0 Å². The molecule has 0 aliphatic heterocycles. The van der Waals surface area contributed by atoms with Crippen molar-refractivity contribution in [1.82, 2.24) is 25.1 Å². The molecule has 2 heterocycles.